The third-order valence-electron chi connectivity index (χ3n) is 5.69. The SMILES string of the molecule is COc1cccc(-c2cc(C(F)(F)F)n3nc(C(=O)N4CCC[C@@H]4c4cccs4)cc3n2)c1. The van der Waals surface area contributed by atoms with Crippen LogP contribution in [0.1, 0.15) is 39.9 Å². The van der Waals surface area contributed by atoms with Crippen LogP contribution in [-0.2, 0) is 6.18 Å². The molecule has 1 aromatic carbocycles. The predicted molar refractivity (Wildman–Crippen MR) is 117 cm³/mol. The Hall–Kier alpha value is -3.40. The minimum atomic E-state index is -4.69. The minimum absolute atomic E-state index is 0.0436. The number of amides is 1. The van der Waals surface area contributed by atoms with Crippen molar-refractivity contribution in [2.24, 2.45) is 0 Å². The van der Waals surface area contributed by atoms with Crippen LogP contribution in [-0.4, -0.2) is 39.1 Å². The Labute approximate surface area is 191 Å². The number of thiophene rings is 1. The first-order valence-corrected chi connectivity index (χ1v) is 11.2. The average molecular weight is 472 g/mol. The topological polar surface area (TPSA) is 59.7 Å². The number of halogens is 3. The maximum atomic E-state index is 13.9. The number of alkyl halides is 3. The first-order valence-electron chi connectivity index (χ1n) is 10.3. The van der Waals surface area contributed by atoms with E-state index >= 15 is 0 Å². The van der Waals surface area contributed by atoms with Gasteiger partial charge in [-0.2, -0.15) is 18.3 Å². The van der Waals surface area contributed by atoms with Crippen LogP contribution in [0.3, 0.4) is 0 Å². The Morgan fingerprint density at radius 2 is 2.03 bits per heavy atom. The van der Waals surface area contributed by atoms with Gasteiger partial charge in [0.05, 0.1) is 18.8 Å². The Bertz CT molecular complexity index is 1320. The number of rotatable bonds is 4. The molecule has 1 amide bonds. The molecule has 0 spiro atoms. The summed E-state index contributed by atoms with van der Waals surface area (Å²) < 4.78 is 47.6. The number of methoxy groups -OCH3 is 1. The zero-order chi connectivity index (χ0) is 23.2. The first kappa shape index (κ1) is 21.4. The van der Waals surface area contributed by atoms with Gasteiger partial charge in [0, 0.05) is 23.1 Å². The van der Waals surface area contributed by atoms with Crippen LogP contribution >= 0.6 is 11.3 Å². The Balaban J connectivity index is 1.58. The lowest BCUT2D eigenvalue weighted by Gasteiger charge is -2.22. The van der Waals surface area contributed by atoms with Crippen molar-refractivity contribution in [3.8, 4) is 17.0 Å². The van der Waals surface area contributed by atoms with Crippen LogP contribution in [0.15, 0.2) is 53.9 Å². The van der Waals surface area contributed by atoms with Gasteiger partial charge >= 0.3 is 6.18 Å². The van der Waals surface area contributed by atoms with Gasteiger partial charge in [-0.05, 0) is 42.5 Å². The number of benzene rings is 1. The zero-order valence-electron chi connectivity index (χ0n) is 17.5. The van der Waals surface area contributed by atoms with E-state index in [1.807, 2.05) is 17.5 Å². The van der Waals surface area contributed by atoms with Gasteiger partial charge in [-0.25, -0.2) is 9.50 Å². The molecule has 1 saturated heterocycles. The molecule has 1 aliphatic rings. The zero-order valence-corrected chi connectivity index (χ0v) is 18.4. The molecule has 0 aliphatic carbocycles. The van der Waals surface area contributed by atoms with Crippen LogP contribution < -0.4 is 4.74 Å². The molecular weight excluding hydrogens is 453 g/mol. The van der Waals surface area contributed by atoms with Gasteiger partial charge in [0.1, 0.15) is 5.75 Å². The predicted octanol–water partition coefficient (Wildman–Crippen LogP) is 5.46. The summed E-state index contributed by atoms with van der Waals surface area (Å²) in [6.45, 7) is 0.532. The molecule has 4 aromatic rings. The smallest absolute Gasteiger partial charge is 0.433 e. The van der Waals surface area contributed by atoms with Crippen LogP contribution in [0.5, 0.6) is 5.75 Å². The molecule has 0 saturated carbocycles. The van der Waals surface area contributed by atoms with Crippen molar-refractivity contribution >= 4 is 22.9 Å². The number of carbonyl (C=O) groups is 1. The average Bonchev–Trinajstić information content (AvgIpc) is 3.57. The fraction of sp³-hybridized carbons (Fsp3) is 0.261. The summed E-state index contributed by atoms with van der Waals surface area (Å²) in [5.74, 6) is 0.105. The lowest BCUT2D eigenvalue weighted by Crippen LogP contribution is -2.30. The molecule has 1 aliphatic heterocycles. The Morgan fingerprint density at radius 3 is 2.76 bits per heavy atom. The highest BCUT2D eigenvalue weighted by Crippen LogP contribution is 2.36. The molecule has 1 atom stereocenters. The minimum Gasteiger partial charge on any atom is -0.497 e. The molecule has 5 rings (SSSR count). The number of aromatic nitrogens is 3. The number of nitrogens with zero attached hydrogens (tertiary/aromatic N) is 4. The molecule has 0 bridgehead atoms. The van der Waals surface area contributed by atoms with Crippen LogP contribution in [0.2, 0.25) is 0 Å². The number of hydrogen-bond donors (Lipinski definition) is 0. The van der Waals surface area contributed by atoms with E-state index in [0.717, 1.165) is 23.8 Å². The fourth-order valence-electron chi connectivity index (χ4n) is 4.14. The van der Waals surface area contributed by atoms with Gasteiger partial charge in [0.25, 0.3) is 5.91 Å². The summed E-state index contributed by atoms with van der Waals surface area (Å²) in [5, 5.41) is 5.97. The van der Waals surface area contributed by atoms with E-state index in [1.54, 1.807) is 40.5 Å². The third kappa shape index (κ3) is 3.95. The van der Waals surface area contributed by atoms with Crippen LogP contribution in [0, 0.1) is 0 Å². The summed E-state index contributed by atoms with van der Waals surface area (Å²) in [6, 6.07) is 12.7. The van der Waals surface area contributed by atoms with Gasteiger partial charge in [-0.1, -0.05) is 18.2 Å². The van der Waals surface area contributed by atoms with Crippen molar-refractivity contribution in [3.63, 3.8) is 0 Å². The molecule has 0 radical (unpaired) electrons. The summed E-state index contributed by atoms with van der Waals surface area (Å²) in [6.07, 6.45) is -3.05. The van der Waals surface area contributed by atoms with Crippen molar-refractivity contribution in [2.75, 3.05) is 13.7 Å². The van der Waals surface area contributed by atoms with Crippen LogP contribution in [0.4, 0.5) is 13.2 Å². The van der Waals surface area contributed by atoms with E-state index in [0.29, 0.717) is 22.4 Å². The molecule has 4 heterocycles. The molecular formula is C23H19F3N4O2S. The summed E-state index contributed by atoms with van der Waals surface area (Å²) in [7, 11) is 1.48. The summed E-state index contributed by atoms with van der Waals surface area (Å²) >= 11 is 1.56. The van der Waals surface area contributed by atoms with E-state index in [4.69, 9.17) is 4.74 Å². The van der Waals surface area contributed by atoms with Gasteiger partial charge < -0.3 is 9.64 Å². The van der Waals surface area contributed by atoms with Gasteiger partial charge in [-0.15, -0.1) is 11.3 Å². The molecule has 170 valence electrons. The van der Waals surface area contributed by atoms with Crippen molar-refractivity contribution < 1.29 is 22.7 Å². The fourth-order valence-corrected chi connectivity index (χ4v) is 5.02. The number of hydrogen-bond acceptors (Lipinski definition) is 5. The van der Waals surface area contributed by atoms with E-state index < -0.39 is 17.8 Å². The molecule has 3 aromatic heterocycles. The van der Waals surface area contributed by atoms with E-state index in [-0.39, 0.29) is 23.1 Å². The van der Waals surface area contributed by atoms with E-state index in [9.17, 15) is 18.0 Å². The van der Waals surface area contributed by atoms with Crippen LogP contribution in [0.25, 0.3) is 16.9 Å². The first-order chi connectivity index (χ1) is 15.8. The van der Waals surface area contributed by atoms with Crippen molar-refractivity contribution in [2.45, 2.75) is 25.1 Å². The summed E-state index contributed by atoms with van der Waals surface area (Å²) in [5.41, 5.74) is -0.517. The second-order valence-corrected chi connectivity index (χ2v) is 8.71. The summed E-state index contributed by atoms with van der Waals surface area (Å²) in [4.78, 5) is 20.4. The second-order valence-electron chi connectivity index (χ2n) is 7.73. The lowest BCUT2D eigenvalue weighted by molar-refractivity contribution is -0.142. The molecule has 1 fully saturated rings. The van der Waals surface area contributed by atoms with Gasteiger partial charge in [-0.3, -0.25) is 4.79 Å². The number of fused-ring (bicyclic) bond motifs is 1. The molecule has 0 N–H and O–H groups in total. The molecule has 33 heavy (non-hydrogen) atoms. The Morgan fingerprint density at radius 1 is 1.18 bits per heavy atom. The quantitative estimate of drug-likeness (QED) is 0.396. The van der Waals surface area contributed by atoms with E-state index in [2.05, 4.69) is 10.1 Å². The van der Waals surface area contributed by atoms with Gasteiger partial charge in [0.2, 0.25) is 0 Å². The third-order valence-corrected chi connectivity index (χ3v) is 6.66. The number of carbonyl (C=O) groups excluding carboxylic acids is 1. The maximum Gasteiger partial charge on any atom is 0.433 e. The molecule has 10 heteroatoms. The Kier molecular flexibility index (Phi) is 5.32. The van der Waals surface area contributed by atoms with E-state index in [1.165, 1.54) is 13.2 Å². The molecule has 6 nitrogen and oxygen atoms in total. The largest absolute Gasteiger partial charge is 0.497 e. The highest BCUT2D eigenvalue weighted by Gasteiger charge is 2.37. The highest BCUT2D eigenvalue weighted by atomic mass is 32.1. The second kappa shape index (κ2) is 8.18. The normalized spacial score (nSPS) is 16.5. The lowest BCUT2D eigenvalue weighted by atomic mass is 10.1. The highest BCUT2D eigenvalue weighted by molar-refractivity contribution is 7.10. The van der Waals surface area contributed by atoms with Crippen molar-refractivity contribution in [3.05, 3.63) is 70.2 Å². The van der Waals surface area contributed by atoms with Crippen molar-refractivity contribution in [1.82, 2.24) is 19.5 Å². The standard InChI is InChI=1S/C23H19F3N4O2S/c1-32-15-6-2-5-14(11-15)16-12-20(23(24,25)26)30-21(27-16)13-17(28-30)22(31)29-9-3-7-18(29)19-8-4-10-33-19/h2,4-6,8,10-13,18H,3,7,9H2,1H3/t18-/m1/s1. The number of likely N-dealkylation sites (tertiary alicyclic amines) is 1. The maximum absolute atomic E-state index is 13.9. The van der Waals surface area contributed by atoms with Crippen molar-refractivity contribution in [1.29, 1.82) is 0 Å². The monoisotopic (exact) mass is 472 g/mol. The van der Waals surface area contributed by atoms with Gasteiger partial charge in [0.15, 0.2) is 17.0 Å². The number of ether oxygens (including phenoxy) is 1. The molecule has 0 unspecified atom stereocenters.